The number of hydrogen-bond donors (Lipinski definition) is 2. The maximum absolute atomic E-state index is 12.8. The summed E-state index contributed by atoms with van der Waals surface area (Å²) in [5.74, 6) is 0. The summed E-state index contributed by atoms with van der Waals surface area (Å²) in [6, 6.07) is 12.2. The molecular formula is C20H25N3O2. The topological polar surface area (TPSA) is 65.5 Å². The smallest absolute Gasteiger partial charge is 0.318 e. The zero-order valence-electron chi connectivity index (χ0n) is 14.4. The predicted octanol–water partition coefficient (Wildman–Crippen LogP) is 3.05. The summed E-state index contributed by atoms with van der Waals surface area (Å²) in [5, 5.41) is 12.2. The number of nitrogens with zero attached hydrogens (tertiary/aromatic N) is 2. The summed E-state index contributed by atoms with van der Waals surface area (Å²) in [5.41, 5.74) is 3.54. The number of benzene rings is 1. The molecule has 0 radical (unpaired) electrons. The second-order valence-corrected chi connectivity index (χ2v) is 6.40. The number of aliphatic hydroxyl groups is 1. The van der Waals surface area contributed by atoms with Gasteiger partial charge in [0.2, 0.25) is 0 Å². The first-order valence-corrected chi connectivity index (χ1v) is 8.91. The highest BCUT2D eigenvalue weighted by molar-refractivity contribution is 5.75. The number of pyridine rings is 1. The number of urea groups is 1. The number of hydrogen-bond acceptors (Lipinski definition) is 3. The number of aryl methyl sites for hydroxylation is 1. The van der Waals surface area contributed by atoms with Gasteiger partial charge in [-0.3, -0.25) is 4.98 Å². The van der Waals surface area contributed by atoms with Crippen LogP contribution in [-0.2, 0) is 13.0 Å². The highest BCUT2D eigenvalue weighted by Crippen LogP contribution is 2.34. The first kappa shape index (κ1) is 17.4. The largest absolute Gasteiger partial charge is 0.396 e. The van der Waals surface area contributed by atoms with Crippen LogP contribution in [0.4, 0.5) is 4.79 Å². The second kappa shape index (κ2) is 8.62. The fourth-order valence-electron chi connectivity index (χ4n) is 3.47. The van der Waals surface area contributed by atoms with Crippen molar-refractivity contribution in [3.8, 4) is 0 Å². The Morgan fingerprint density at radius 1 is 1.28 bits per heavy atom. The lowest BCUT2D eigenvalue weighted by molar-refractivity contribution is 0.157. The summed E-state index contributed by atoms with van der Waals surface area (Å²) >= 11 is 0. The maximum atomic E-state index is 12.8. The molecule has 2 aromatic rings. The van der Waals surface area contributed by atoms with Crippen molar-refractivity contribution in [1.29, 1.82) is 0 Å². The molecule has 1 aromatic heterocycles. The molecular weight excluding hydrogens is 314 g/mol. The standard InChI is InChI=1S/C20H25N3O2/c24-13-5-12-23(20(25)22-15-16-6-4-11-21-14-16)19-10-3-8-17-7-1-2-9-18(17)19/h1-2,4,6-7,9,11,14,19,24H,3,5,8,10,12-13,15H2,(H,22,25). The molecule has 1 atom stereocenters. The number of aromatic nitrogens is 1. The van der Waals surface area contributed by atoms with E-state index in [1.165, 1.54) is 11.1 Å². The summed E-state index contributed by atoms with van der Waals surface area (Å²) in [6.45, 7) is 1.09. The number of fused-ring (bicyclic) bond motifs is 1. The summed E-state index contributed by atoms with van der Waals surface area (Å²) in [4.78, 5) is 18.8. The minimum absolute atomic E-state index is 0.0744. The molecule has 2 amide bonds. The van der Waals surface area contributed by atoms with Crippen LogP contribution < -0.4 is 5.32 Å². The number of carbonyl (C=O) groups excluding carboxylic acids is 1. The van der Waals surface area contributed by atoms with Crippen LogP contribution in [0.2, 0.25) is 0 Å². The molecule has 5 nitrogen and oxygen atoms in total. The molecule has 1 unspecified atom stereocenters. The third-order valence-electron chi connectivity index (χ3n) is 4.70. The van der Waals surface area contributed by atoms with Crippen LogP contribution in [0.3, 0.4) is 0 Å². The molecule has 5 heteroatoms. The molecule has 0 saturated heterocycles. The lowest BCUT2D eigenvalue weighted by Crippen LogP contribution is -2.43. The zero-order chi connectivity index (χ0) is 17.5. The van der Waals surface area contributed by atoms with E-state index in [1.54, 1.807) is 12.4 Å². The van der Waals surface area contributed by atoms with E-state index in [0.29, 0.717) is 19.5 Å². The van der Waals surface area contributed by atoms with Crippen molar-refractivity contribution < 1.29 is 9.90 Å². The molecule has 1 aromatic carbocycles. The molecule has 3 rings (SSSR count). The quantitative estimate of drug-likeness (QED) is 0.850. The number of nitrogens with one attached hydrogen (secondary N) is 1. The van der Waals surface area contributed by atoms with Crippen LogP contribution in [0.25, 0.3) is 0 Å². The average molecular weight is 339 g/mol. The van der Waals surface area contributed by atoms with Crippen LogP contribution in [0.1, 0.15) is 42.0 Å². The van der Waals surface area contributed by atoms with E-state index in [4.69, 9.17) is 0 Å². The second-order valence-electron chi connectivity index (χ2n) is 6.40. The Labute approximate surface area is 148 Å². The van der Waals surface area contributed by atoms with E-state index in [-0.39, 0.29) is 18.7 Å². The molecule has 0 saturated carbocycles. The van der Waals surface area contributed by atoms with Gasteiger partial charge in [-0.2, -0.15) is 0 Å². The Morgan fingerprint density at radius 3 is 2.96 bits per heavy atom. The Morgan fingerprint density at radius 2 is 2.16 bits per heavy atom. The highest BCUT2D eigenvalue weighted by atomic mass is 16.3. The first-order chi connectivity index (χ1) is 12.3. The van der Waals surface area contributed by atoms with E-state index in [0.717, 1.165) is 24.8 Å². The molecule has 1 heterocycles. The molecule has 0 bridgehead atoms. The SMILES string of the molecule is O=C(NCc1cccnc1)N(CCCO)C1CCCc2ccccc21. The molecule has 1 aliphatic rings. The van der Waals surface area contributed by atoms with E-state index < -0.39 is 0 Å². The van der Waals surface area contributed by atoms with Gasteiger partial charge in [-0.25, -0.2) is 4.79 Å². The van der Waals surface area contributed by atoms with Crippen LogP contribution in [-0.4, -0.2) is 34.2 Å². The van der Waals surface area contributed by atoms with Gasteiger partial charge in [0.25, 0.3) is 0 Å². The Kier molecular flexibility index (Phi) is 6.01. The van der Waals surface area contributed by atoms with Gasteiger partial charge in [0.1, 0.15) is 0 Å². The molecule has 1 aliphatic carbocycles. The first-order valence-electron chi connectivity index (χ1n) is 8.91. The van der Waals surface area contributed by atoms with Crippen molar-refractivity contribution in [1.82, 2.24) is 15.2 Å². The van der Waals surface area contributed by atoms with Gasteiger partial charge in [-0.05, 0) is 48.4 Å². The Bertz CT molecular complexity index is 690. The molecule has 0 aliphatic heterocycles. The Balaban J connectivity index is 1.74. The van der Waals surface area contributed by atoms with Crippen molar-refractivity contribution in [2.75, 3.05) is 13.2 Å². The van der Waals surface area contributed by atoms with Gasteiger partial charge in [-0.1, -0.05) is 30.3 Å². The van der Waals surface area contributed by atoms with Gasteiger partial charge in [0.05, 0.1) is 6.04 Å². The van der Waals surface area contributed by atoms with Gasteiger partial charge in [0.15, 0.2) is 0 Å². The summed E-state index contributed by atoms with van der Waals surface area (Å²) in [6.07, 6.45) is 7.17. The van der Waals surface area contributed by atoms with E-state index in [2.05, 4.69) is 28.5 Å². The van der Waals surface area contributed by atoms with Crippen molar-refractivity contribution in [3.05, 3.63) is 65.5 Å². The molecule has 0 spiro atoms. The molecule has 2 N–H and O–H groups in total. The number of carbonyl (C=O) groups is 1. The van der Waals surface area contributed by atoms with Crippen molar-refractivity contribution >= 4 is 6.03 Å². The van der Waals surface area contributed by atoms with Crippen LogP contribution in [0, 0.1) is 0 Å². The van der Waals surface area contributed by atoms with E-state index >= 15 is 0 Å². The number of rotatable bonds is 6. The van der Waals surface area contributed by atoms with Crippen LogP contribution in [0.5, 0.6) is 0 Å². The predicted molar refractivity (Wildman–Crippen MR) is 97.0 cm³/mol. The maximum Gasteiger partial charge on any atom is 0.318 e. The minimum atomic E-state index is -0.0843. The van der Waals surface area contributed by atoms with Gasteiger partial charge < -0.3 is 15.3 Å². The third kappa shape index (κ3) is 4.37. The summed E-state index contributed by atoms with van der Waals surface area (Å²) in [7, 11) is 0. The normalized spacial score (nSPS) is 16.1. The van der Waals surface area contributed by atoms with Crippen molar-refractivity contribution in [2.24, 2.45) is 0 Å². The monoisotopic (exact) mass is 339 g/mol. The van der Waals surface area contributed by atoms with Gasteiger partial charge in [0, 0.05) is 32.1 Å². The molecule has 25 heavy (non-hydrogen) atoms. The third-order valence-corrected chi connectivity index (χ3v) is 4.70. The lowest BCUT2D eigenvalue weighted by atomic mass is 9.87. The average Bonchev–Trinajstić information content (AvgIpc) is 2.67. The van der Waals surface area contributed by atoms with E-state index in [1.807, 2.05) is 23.1 Å². The van der Waals surface area contributed by atoms with Gasteiger partial charge >= 0.3 is 6.03 Å². The van der Waals surface area contributed by atoms with Gasteiger partial charge in [-0.15, -0.1) is 0 Å². The van der Waals surface area contributed by atoms with Crippen molar-refractivity contribution in [2.45, 2.75) is 38.3 Å². The Hall–Kier alpha value is -2.40. The lowest BCUT2D eigenvalue weighted by Gasteiger charge is -2.36. The highest BCUT2D eigenvalue weighted by Gasteiger charge is 2.28. The fourth-order valence-corrected chi connectivity index (χ4v) is 3.47. The molecule has 0 fully saturated rings. The molecule has 132 valence electrons. The van der Waals surface area contributed by atoms with E-state index in [9.17, 15) is 9.90 Å². The summed E-state index contributed by atoms with van der Waals surface area (Å²) < 4.78 is 0. The van der Waals surface area contributed by atoms with Crippen LogP contribution >= 0.6 is 0 Å². The number of amides is 2. The number of aliphatic hydroxyl groups excluding tert-OH is 1. The van der Waals surface area contributed by atoms with Crippen LogP contribution in [0.15, 0.2) is 48.8 Å². The fraction of sp³-hybridized carbons (Fsp3) is 0.400. The minimum Gasteiger partial charge on any atom is -0.396 e. The van der Waals surface area contributed by atoms with Crippen molar-refractivity contribution in [3.63, 3.8) is 0 Å². The zero-order valence-corrected chi connectivity index (χ0v) is 14.4.